The maximum Gasteiger partial charge on any atom is 0.326 e. The molecule has 0 saturated carbocycles. The second-order valence-electron chi connectivity index (χ2n) is 8.64. The van der Waals surface area contributed by atoms with E-state index in [0.29, 0.717) is 0 Å². The number of carbonyl (C=O) groups excluding carboxylic acids is 4. The van der Waals surface area contributed by atoms with Crippen LogP contribution in [-0.2, 0) is 30.4 Å². The Hall–Kier alpha value is -3.12. The average Bonchev–Trinajstić information content (AvgIpc) is 2.79. The van der Waals surface area contributed by atoms with Crippen molar-refractivity contribution >= 4 is 42.2 Å². The second-order valence-corrected chi connectivity index (χ2v) is 9.00. The van der Waals surface area contributed by atoms with Crippen LogP contribution in [0.2, 0.25) is 0 Å². The number of nitrogens with two attached hydrogens (primary N) is 2. The van der Waals surface area contributed by atoms with Crippen LogP contribution in [-0.4, -0.2) is 64.6 Å². The van der Waals surface area contributed by atoms with Gasteiger partial charge in [0, 0.05) is 18.6 Å². The molecule has 0 aliphatic rings. The lowest BCUT2D eigenvalue weighted by Gasteiger charge is -2.25. The first-order valence-corrected chi connectivity index (χ1v) is 11.9. The minimum Gasteiger partial charge on any atom is -0.480 e. The van der Waals surface area contributed by atoms with Crippen molar-refractivity contribution in [1.82, 2.24) is 16.0 Å². The number of hydrogen-bond acceptors (Lipinski definition) is 7. The lowest BCUT2D eigenvalue weighted by molar-refractivity contribution is -0.142. The highest BCUT2D eigenvalue weighted by molar-refractivity contribution is 7.80. The number of carbonyl (C=O) groups is 5. The molecule has 0 aromatic heterocycles. The third kappa shape index (κ3) is 11.2. The van der Waals surface area contributed by atoms with Crippen LogP contribution in [0.4, 0.5) is 0 Å². The molecule has 8 N–H and O–H groups in total. The van der Waals surface area contributed by atoms with E-state index in [1.807, 2.05) is 13.8 Å². The van der Waals surface area contributed by atoms with Gasteiger partial charge in [-0.3, -0.25) is 19.2 Å². The summed E-state index contributed by atoms with van der Waals surface area (Å²) in [5, 5.41) is 17.0. The van der Waals surface area contributed by atoms with E-state index in [4.69, 9.17) is 11.5 Å². The quantitative estimate of drug-likeness (QED) is 0.152. The summed E-state index contributed by atoms with van der Waals surface area (Å²) < 4.78 is 0. The Labute approximate surface area is 210 Å². The summed E-state index contributed by atoms with van der Waals surface area (Å²) in [6, 6.07) is 4.47. The fourth-order valence-electron chi connectivity index (χ4n) is 3.20. The maximum atomic E-state index is 13.0. The molecule has 4 amide bonds. The highest BCUT2D eigenvalue weighted by Crippen LogP contribution is 2.08. The smallest absolute Gasteiger partial charge is 0.326 e. The van der Waals surface area contributed by atoms with E-state index in [0.717, 1.165) is 5.56 Å². The van der Waals surface area contributed by atoms with Crippen molar-refractivity contribution in [2.45, 2.75) is 63.7 Å². The first kappa shape index (κ1) is 29.9. The number of amides is 4. The largest absolute Gasteiger partial charge is 0.480 e. The molecule has 4 atom stereocenters. The van der Waals surface area contributed by atoms with Crippen LogP contribution in [0.3, 0.4) is 0 Å². The average molecular weight is 510 g/mol. The molecule has 0 heterocycles. The number of rotatable bonds is 15. The first-order valence-electron chi connectivity index (χ1n) is 11.3. The summed E-state index contributed by atoms with van der Waals surface area (Å²) in [5.41, 5.74) is 11.6. The van der Waals surface area contributed by atoms with E-state index in [-0.39, 0.29) is 37.4 Å². The normalized spacial score (nSPS) is 14.3. The SMILES string of the molecule is CC(C)CC(NC(=O)C(Cc1ccccc1)NC(=O)C(CS)NC(=O)C(N)CCC(N)=O)C(=O)O. The van der Waals surface area contributed by atoms with Gasteiger partial charge in [0.25, 0.3) is 0 Å². The van der Waals surface area contributed by atoms with Crippen molar-refractivity contribution in [1.29, 1.82) is 0 Å². The first-order chi connectivity index (χ1) is 16.4. The van der Waals surface area contributed by atoms with Crippen molar-refractivity contribution in [3.63, 3.8) is 0 Å². The molecule has 0 aliphatic carbocycles. The van der Waals surface area contributed by atoms with Crippen molar-refractivity contribution in [2.24, 2.45) is 17.4 Å². The lowest BCUT2D eigenvalue weighted by Crippen LogP contribution is -2.58. The third-order valence-corrected chi connectivity index (χ3v) is 5.46. The van der Waals surface area contributed by atoms with Crippen LogP contribution in [0.5, 0.6) is 0 Å². The van der Waals surface area contributed by atoms with Crippen LogP contribution in [0, 0.1) is 5.92 Å². The summed E-state index contributed by atoms with van der Waals surface area (Å²) >= 11 is 4.11. The molecular weight excluding hydrogens is 474 g/mol. The van der Waals surface area contributed by atoms with E-state index in [1.165, 1.54) is 0 Å². The van der Waals surface area contributed by atoms with Gasteiger partial charge in [-0.15, -0.1) is 0 Å². The fraction of sp³-hybridized carbons (Fsp3) is 0.522. The van der Waals surface area contributed by atoms with Gasteiger partial charge in [0.15, 0.2) is 0 Å². The zero-order valence-electron chi connectivity index (χ0n) is 19.9. The molecule has 0 radical (unpaired) electrons. The topological polar surface area (TPSA) is 194 Å². The molecule has 0 saturated heterocycles. The van der Waals surface area contributed by atoms with E-state index >= 15 is 0 Å². The van der Waals surface area contributed by atoms with Crippen molar-refractivity contribution in [3.8, 4) is 0 Å². The Morgan fingerprint density at radius 2 is 1.46 bits per heavy atom. The van der Waals surface area contributed by atoms with Crippen LogP contribution in [0.1, 0.15) is 38.7 Å². The zero-order valence-corrected chi connectivity index (χ0v) is 20.8. The van der Waals surface area contributed by atoms with Crippen molar-refractivity contribution in [3.05, 3.63) is 35.9 Å². The maximum absolute atomic E-state index is 13.0. The highest BCUT2D eigenvalue weighted by Gasteiger charge is 2.30. The van der Waals surface area contributed by atoms with Gasteiger partial charge >= 0.3 is 5.97 Å². The number of nitrogens with one attached hydrogen (secondary N) is 3. The van der Waals surface area contributed by atoms with Gasteiger partial charge in [0.05, 0.1) is 6.04 Å². The van der Waals surface area contributed by atoms with Crippen LogP contribution in [0.25, 0.3) is 0 Å². The molecule has 35 heavy (non-hydrogen) atoms. The number of primary amides is 1. The van der Waals surface area contributed by atoms with Gasteiger partial charge in [0.1, 0.15) is 18.1 Å². The minimum atomic E-state index is -1.18. The number of thiol groups is 1. The van der Waals surface area contributed by atoms with Gasteiger partial charge in [-0.25, -0.2) is 4.79 Å². The van der Waals surface area contributed by atoms with E-state index < -0.39 is 53.8 Å². The summed E-state index contributed by atoms with van der Waals surface area (Å²) in [4.78, 5) is 60.8. The highest BCUT2D eigenvalue weighted by atomic mass is 32.1. The van der Waals surface area contributed by atoms with Crippen molar-refractivity contribution < 1.29 is 29.1 Å². The Morgan fingerprint density at radius 1 is 0.914 bits per heavy atom. The molecule has 1 aromatic rings. The zero-order chi connectivity index (χ0) is 26.5. The third-order valence-electron chi connectivity index (χ3n) is 5.09. The molecule has 4 unspecified atom stereocenters. The van der Waals surface area contributed by atoms with Crippen LogP contribution >= 0.6 is 12.6 Å². The van der Waals surface area contributed by atoms with E-state index in [1.54, 1.807) is 30.3 Å². The molecule has 0 aliphatic heterocycles. The second kappa shape index (κ2) is 15.0. The molecule has 12 heteroatoms. The number of carboxylic acid groups (broad SMARTS) is 1. The summed E-state index contributed by atoms with van der Waals surface area (Å²) in [6.45, 7) is 3.67. The molecular formula is C23H35N5O6S. The van der Waals surface area contributed by atoms with Crippen LogP contribution < -0.4 is 27.4 Å². The molecule has 194 valence electrons. The predicted octanol–water partition coefficient (Wildman–Crippen LogP) is -0.663. The van der Waals surface area contributed by atoms with Gasteiger partial charge in [-0.1, -0.05) is 44.2 Å². The minimum absolute atomic E-state index is 0.00748. The predicted molar refractivity (Wildman–Crippen MR) is 133 cm³/mol. The monoisotopic (exact) mass is 509 g/mol. The molecule has 0 fully saturated rings. The number of carboxylic acids is 1. The summed E-state index contributed by atoms with van der Waals surface area (Å²) in [6.07, 6.45) is 0.226. The molecule has 11 nitrogen and oxygen atoms in total. The summed E-state index contributed by atoms with van der Waals surface area (Å²) in [7, 11) is 0. The Bertz CT molecular complexity index is 882. The molecule has 1 aromatic carbocycles. The van der Waals surface area contributed by atoms with Crippen molar-refractivity contribution in [2.75, 3.05) is 5.75 Å². The number of hydrogen-bond donors (Lipinski definition) is 7. The molecule has 0 spiro atoms. The van der Waals surface area contributed by atoms with Gasteiger partial charge in [-0.2, -0.15) is 12.6 Å². The Morgan fingerprint density at radius 3 is 1.97 bits per heavy atom. The van der Waals surface area contributed by atoms with Gasteiger partial charge in [-0.05, 0) is 24.3 Å². The Kier molecular flexibility index (Phi) is 12.8. The lowest BCUT2D eigenvalue weighted by atomic mass is 10.0. The van der Waals surface area contributed by atoms with E-state index in [9.17, 15) is 29.1 Å². The Balaban J connectivity index is 2.98. The number of benzene rings is 1. The van der Waals surface area contributed by atoms with Crippen LogP contribution in [0.15, 0.2) is 30.3 Å². The summed E-state index contributed by atoms with van der Waals surface area (Å²) in [5.74, 6) is -3.90. The van der Waals surface area contributed by atoms with Gasteiger partial charge < -0.3 is 32.5 Å². The van der Waals surface area contributed by atoms with E-state index in [2.05, 4.69) is 28.6 Å². The fourth-order valence-corrected chi connectivity index (χ4v) is 3.46. The molecule has 0 bridgehead atoms. The van der Waals surface area contributed by atoms with Gasteiger partial charge in [0.2, 0.25) is 23.6 Å². The number of aliphatic carboxylic acids is 1. The molecule has 1 rings (SSSR count). The standard InChI is InChI=1S/C23H35N5O6S/c1-13(2)10-17(23(33)34)27-21(31)16(11-14-6-4-3-5-7-14)26-22(32)18(12-35)28-20(30)15(24)8-9-19(25)29/h3-7,13,15-18,35H,8-12,24H2,1-2H3,(H2,25,29)(H,26,32)(H,27,31)(H,28,30)(H,33,34).